The fraction of sp³-hybridized carbons (Fsp3) is 0.500. The molecule has 0 saturated carbocycles. The van der Waals surface area contributed by atoms with E-state index in [1.54, 1.807) is 6.07 Å². The van der Waals surface area contributed by atoms with Crippen molar-refractivity contribution in [1.29, 1.82) is 0 Å². The Hall–Kier alpha value is -1.09. The van der Waals surface area contributed by atoms with Crippen LogP contribution in [-0.4, -0.2) is 13.1 Å². The van der Waals surface area contributed by atoms with E-state index in [9.17, 15) is 4.39 Å². The van der Waals surface area contributed by atoms with Gasteiger partial charge >= 0.3 is 0 Å². The zero-order valence-electron chi connectivity index (χ0n) is 9.39. The highest BCUT2D eigenvalue weighted by molar-refractivity contribution is 5.43. The molecule has 84 valence electrons. The van der Waals surface area contributed by atoms with Crippen LogP contribution in [0.15, 0.2) is 24.3 Å². The van der Waals surface area contributed by atoms with Crippen molar-refractivity contribution in [3.8, 4) is 0 Å². The van der Waals surface area contributed by atoms with E-state index >= 15 is 0 Å². The number of rotatable bonds is 5. The fourth-order valence-electron chi connectivity index (χ4n) is 1.42. The third-order valence-electron chi connectivity index (χ3n) is 2.42. The first-order valence-electron chi connectivity index (χ1n) is 5.23. The minimum Gasteiger partial charge on any atom is -0.384 e. The summed E-state index contributed by atoms with van der Waals surface area (Å²) in [7, 11) is 0. The Balaban J connectivity index is 2.49. The molecule has 0 amide bonds. The van der Waals surface area contributed by atoms with Crippen LogP contribution in [0.1, 0.15) is 20.3 Å². The summed E-state index contributed by atoms with van der Waals surface area (Å²) in [5, 5.41) is 3.22. The van der Waals surface area contributed by atoms with E-state index in [0.717, 1.165) is 18.7 Å². The number of halogens is 1. The Morgan fingerprint density at radius 1 is 1.40 bits per heavy atom. The molecule has 1 aromatic rings. The van der Waals surface area contributed by atoms with E-state index in [1.807, 2.05) is 6.07 Å². The third kappa shape index (κ3) is 4.30. The van der Waals surface area contributed by atoms with E-state index in [0.29, 0.717) is 6.54 Å². The van der Waals surface area contributed by atoms with Gasteiger partial charge in [-0.25, -0.2) is 4.39 Å². The number of hydrogen-bond donors (Lipinski definition) is 2. The smallest absolute Gasteiger partial charge is 0.125 e. The lowest BCUT2D eigenvalue weighted by Gasteiger charge is -2.24. The summed E-state index contributed by atoms with van der Waals surface area (Å²) in [6, 6.07) is 6.50. The Labute approximate surface area is 90.7 Å². The van der Waals surface area contributed by atoms with Crippen LogP contribution in [0, 0.1) is 11.2 Å². The molecule has 1 rings (SSSR count). The van der Waals surface area contributed by atoms with Crippen molar-refractivity contribution in [2.45, 2.75) is 20.3 Å². The van der Waals surface area contributed by atoms with Gasteiger partial charge < -0.3 is 11.1 Å². The molecule has 0 atom stereocenters. The van der Waals surface area contributed by atoms with Gasteiger partial charge in [0, 0.05) is 12.2 Å². The van der Waals surface area contributed by atoms with Gasteiger partial charge in [0.05, 0.1) is 0 Å². The SMILES string of the molecule is CC(C)(CCN)CNc1cccc(F)c1. The van der Waals surface area contributed by atoms with Crippen molar-refractivity contribution in [3.05, 3.63) is 30.1 Å². The zero-order valence-corrected chi connectivity index (χ0v) is 9.39. The molecule has 0 aliphatic carbocycles. The van der Waals surface area contributed by atoms with Gasteiger partial charge in [0.25, 0.3) is 0 Å². The number of anilines is 1. The minimum absolute atomic E-state index is 0.140. The largest absolute Gasteiger partial charge is 0.384 e. The van der Waals surface area contributed by atoms with E-state index < -0.39 is 0 Å². The number of benzene rings is 1. The van der Waals surface area contributed by atoms with Gasteiger partial charge in [-0.3, -0.25) is 0 Å². The topological polar surface area (TPSA) is 38.0 Å². The molecule has 0 bridgehead atoms. The van der Waals surface area contributed by atoms with Crippen LogP contribution in [0.25, 0.3) is 0 Å². The molecular weight excluding hydrogens is 191 g/mol. The summed E-state index contributed by atoms with van der Waals surface area (Å²) in [6.45, 7) is 5.77. The lowest BCUT2D eigenvalue weighted by molar-refractivity contribution is 0.365. The zero-order chi connectivity index (χ0) is 11.3. The third-order valence-corrected chi connectivity index (χ3v) is 2.42. The van der Waals surface area contributed by atoms with Gasteiger partial charge in [-0.2, -0.15) is 0 Å². The molecule has 3 heteroatoms. The van der Waals surface area contributed by atoms with Gasteiger partial charge in [-0.15, -0.1) is 0 Å². The predicted molar refractivity (Wildman–Crippen MR) is 62.3 cm³/mol. The van der Waals surface area contributed by atoms with Crippen LogP contribution in [-0.2, 0) is 0 Å². The molecule has 0 saturated heterocycles. The second-order valence-corrected chi connectivity index (χ2v) is 4.57. The first-order valence-corrected chi connectivity index (χ1v) is 5.23. The second-order valence-electron chi connectivity index (χ2n) is 4.57. The lowest BCUT2D eigenvalue weighted by Crippen LogP contribution is -2.26. The summed E-state index contributed by atoms with van der Waals surface area (Å²) in [5.41, 5.74) is 6.48. The molecule has 0 aromatic heterocycles. The summed E-state index contributed by atoms with van der Waals surface area (Å²) in [5.74, 6) is -0.211. The number of hydrogen-bond acceptors (Lipinski definition) is 2. The maximum atomic E-state index is 12.9. The summed E-state index contributed by atoms with van der Waals surface area (Å²) in [6.07, 6.45) is 0.954. The van der Waals surface area contributed by atoms with Crippen molar-refractivity contribution in [3.63, 3.8) is 0 Å². The van der Waals surface area contributed by atoms with Crippen molar-refractivity contribution < 1.29 is 4.39 Å². The minimum atomic E-state index is -0.211. The summed E-state index contributed by atoms with van der Waals surface area (Å²) >= 11 is 0. The maximum absolute atomic E-state index is 12.9. The van der Waals surface area contributed by atoms with Crippen LogP contribution >= 0.6 is 0 Å². The predicted octanol–water partition coefficient (Wildman–Crippen LogP) is 2.61. The molecule has 0 unspecified atom stereocenters. The van der Waals surface area contributed by atoms with E-state index in [4.69, 9.17) is 5.73 Å². The van der Waals surface area contributed by atoms with Gasteiger partial charge in [0.1, 0.15) is 5.82 Å². The quantitative estimate of drug-likeness (QED) is 0.784. The van der Waals surface area contributed by atoms with Gasteiger partial charge in [-0.05, 0) is 36.6 Å². The van der Waals surface area contributed by atoms with Crippen LogP contribution in [0.5, 0.6) is 0 Å². The standard InChI is InChI=1S/C12H19FN2/c1-12(2,6-7-14)9-15-11-5-3-4-10(13)8-11/h3-5,8,15H,6-7,9,14H2,1-2H3. The first-order chi connectivity index (χ1) is 7.03. The summed E-state index contributed by atoms with van der Waals surface area (Å²) < 4.78 is 12.9. The highest BCUT2D eigenvalue weighted by Crippen LogP contribution is 2.20. The number of nitrogens with one attached hydrogen (secondary N) is 1. The Kier molecular flexibility index (Phi) is 4.09. The molecule has 0 aliphatic heterocycles. The van der Waals surface area contributed by atoms with Crippen LogP contribution in [0.3, 0.4) is 0 Å². The highest BCUT2D eigenvalue weighted by atomic mass is 19.1. The maximum Gasteiger partial charge on any atom is 0.125 e. The van der Waals surface area contributed by atoms with Gasteiger partial charge in [0.2, 0.25) is 0 Å². The molecule has 0 heterocycles. The fourth-order valence-corrected chi connectivity index (χ4v) is 1.42. The van der Waals surface area contributed by atoms with Crippen LogP contribution < -0.4 is 11.1 Å². The Morgan fingerprint density at radius 2 is 2.13 bits per heavy atom. The Morgan fingerprint density at radius 3 is 2.73 bits per heavy atom. The van der Waals surface area contributed by atoms with Gasteiger partial charge in [0.15, 0.2) is 0 Å². The molecular formula is C12H19FN2. The monoisotopic (exact) mass is 210 g/mol. The normalized spacial score (nSPS) is 11.5. The van der Waals surface area contributed by atoms with Crippen LogP contribution in [0.2, 0.25) is 0 Å². The van der Waals surface area contributed by atoms with Crippen molar-refractivity contribution in [1.82, 2.24) is 0 Å². The molecule has 1 aromatic carbocycles. The average molecular weight is 210 g/mol. The molecule has 3 N–H and O–H groups in total. The first kappa shape index (κ1) is 12.0. The average Bonchev–Trinajstić information content (AvgIpc) is 2.15. The van der Waals surface area contributed by atoms with Crippen molar-refractivity contribution >= 4 is 5.69 Å². The van der Waals surface area contributed by atoms with E-state index in [1.165, 1.54) is 12.1 Å². The van der Waals surface area contributed by atoms with Gasteiger partial charge in [-0.1, -0.05) is 19.9 Å². The van der Waals surface area contributed by atoms with Crippen molar-refractivity contribution in [2.75, 3.05) is 18.4 Å². The number of nitrogens with two attached hydrogens (primary N) is 1. The molecule has 15 heavy (non-hydrogen) atoms. The highest BCUT2D eigenvalue weighted by Gasteiger charge is 2.16. The Bertz CT molecular complexity index is 310. The van der Waals surface area contributed by atoms with E-state index in [-0.39, 0.29) is 11.2 Å². The molecule has 0 aliphatic rings. The summed E-state index contributed by atoms with van der Waals surface area (Å²) in [4.78, 5) is 0. The molecule has 0 fully saturated rings. The molecule has 0 spiro atoms. The lowest BCUT2D eigenvalue weighted by atomic mass is 9.89. The van der Waals surface area contributed by atoms with Crippen LogP contribution in [0.4, 0.5) is 10.1 Å². The molecule has 2 nitrogen and oxygen atoms in total. The van der Waals surface area contributed by atoms with E-state index in [2.05, 4.69) is 19.2 Å². The molecule has 0 radical (unpaired) electrons. The van der Waals surface area contributed by atoms with Crippen molar-refractivity contribution in [2.24, 2.45) is 11.1 Å². The second kappa shape index (κ2) is 5.12.